The summed E-state index contributed by atoms with van der Waals surface area (Å²) in [6.07, 6.45) is 1.83. The highest BCUT2D eigenvalue weighted by Crippen LogP contribution is 2.00. The minimum absolute atomic E-state index is 0.832. The van der Waals surface area contributed by atoms with Crippen LogP contribution < -0.4 is 0 Å². The molecule has 1 rings (SSSR count). The van der Waals surface area contributed by atoms with E-state index >= 15 is 0 Å². The second kappa shape index (κ2) is 2.22. The number of hydrogen-bond donors (Lipinski definition) is 0. The zero-order valence-corrected chi connectivity index (χ0v) is 5.52. The van der Waals surface area contributed by atoms with Gasteiger partial charge in [0.25, 0.3) is 0 Å². The Bertz CT molecular complexity index is 141. The van der Waals surface area contributed by atoms with Crippen LogP contribution >= 0.6 is 0 Å². The second-order valence-electron chi connectivity index (χ2n) is 1.55. The average Bonchev–Trinajstić information content (AvgIpc) is 2.14. The minimum Gasteiger partial charge on any atom is -0.386 e. The predicted octanol–water partition coefficient (Wildman–Crippen LogP) is 0.133. The Labute approximate surface area is 51.7 Å². The fourth-order valence-corrected chi connectivity index (χ4v) is 1.35. The summed E-state index contributed by atoms with van der Waals surface area (Å²) in [6, 6.07) is 0. The standard InChI is InChI=1S/C5H8NOS/c1-2-6-3-4-8(7)5-6/h3-5H,2H2,1H3/q-1. The highest BCUT2D eigenvalue weighted by molar-refractivity contribution is 7.89. The Kier molecular flexibility index (Phi) is 1.58. The molecule has 1 heterocycles. The largest absolute Gasteiger partial charge is 0.386 e. The molecule has 0 fully saturated rings. The summed E-state index contributed by atoms with van der Waals surface area (Å²) >= 11 is 0. The Morgan fingerprint density at radius 2 is 2.62 bits per heavy atom. The fourth-order valence-electron chi connectivity index (χ4n) is 0.522. The van der Waals surface area contributed by atoms with Gasteiger partial charge >= 0.3 is 0 Å². The van der Waals surface area contributed by atoms with Crippen LogP contribution in [-0.2, 0) is 10.8 Å². The molecule has 1 unspecified atom stereocenters. The van der Waals surface area contributed by atoms with Gasteiger partial charge < -0.3 is 14.5 Å². The van der Waals surface area contributed by atoms with Crippen LogP contribution in [0.5, 0.6) is 0 Å². The SMILES string of the molecule is CC[N+]1=C[CH-]S(=O)[CH-]1. The monoisotopic (exact) mass is 130 g/mol. The first-order chi connectivity index (χ1) is 3.83. The van der Waals surface area contributed by atoms with Crippen molar-refractivity contribution < 1.29 is 8.78 Å². The van der Waals surface area contributed by atoms with Crippen molar-refractivity contribution in [2.24, 2.45) is 0 Å². The van der Waals surface area contributed by atoms with E-state index in [4.69, 9.17) is 0 Å². The van der Waals surface area contributed by atoms with E-state index in [1.807, 2.05) is 17.7 Å². The molecular formula is C5H8NOS-. The maximum atomic E-state index is 10.5. The molecule has 2 nitrogen and oxygen atoms in total. The van der Waals surface area contributed by atoms with Gasteiger partial charge in [0.1, 0.15) is 6.54 Å². The molecule has 0 saturated carbocycles. The smallest absolute Gasteiger partial charge is 0.111 e. The quantitative estimate of drug-likeness (QED) is 0.365. The van der Waals surface area contributed by atoms with Crippen molar-refractivity contribution in [3.8, 4) is 0 Å². The molecule has 1 atom stereocenters. The lowest BCUT2D eigenvalue weighted by molar-refractivity contribution is -0.461. The lowest BCUT2D eigenvalue weighted by Crippen LogP contribution is -2.02. The lowest BCUT2D eigenvalue weighted by Gasteiger charge is -2.00. The first-order valence-corrected chi connectivity index (χ1v) is 3.79. The number of nitrogens with zero attached hydrogens (tertiary/aromatic N) is 1. The molecule has 0 bridgehead atoms. The van der Waals surface area contributed by atoms with Gasteiger partial charge in [0, 0.05) is 0 Å². The highest BCUT2D eigenvalue weighted by Gasteiger charge is 1.94. The molecule has 3 heteroatoms. The average molecular weight is 130 g/mol. The number of hydrogen-bond acceptors (Lipinski definition) is 1. The zero-order valence-electron chi connectivity index (χ0n) is 4.70. The predicted molar refractivity (Wildman–Crippen MR) is 33.6 cm³/mol. The summed E-state index contributed by atoms with van der Waals surface area (Å²) < 4.78 is 12.4. The Morgan fingerprint density at radius 1 is 1.88 bits per heavy atom. The van der Waals surface area contributed by atoms with Crippen molar-refractivity contribution >= 4 is 17.0 Å². The molecule has 0 amide bonds. The van der Waals surface area contributed by atoms with Crippen LogP contribution in [0, 0.1) is 11.6 Å². The van der Waals surface area contributed by atoms with Crippen LogP contribution in [0.3, 0.4) is 0 Å². The highest BCUT2D eigenvalue weighted by atomic mass is 32.2. The Morgan fingerprint density at radius 3 is 2.88 bits per heavy atom. The molecule has 1 aliphatic heterocycles. The molecule has 0 aromatic heterocycles. The first kappa shape index (κ1) is 5.69. The normalized spacial score (nSPS) is 26.1. The minimum atomic E-state index is -0.832. The van der Waals surface area contributed by atoms with E-state index in [9.17, 15) is 4.21 Å². The lowest BCUT2D eigenvalue weighted by atomic mass is 10.7. The summed E-state index contributed by atoms with van der Waals surface area (Å²) in [7, 11) is -0.832. The van der Waals surface area contributed by atoms with Crippen molar-refractivity contribution in [3.05, 3.63) is 11.6 Å². The maximum absolute atomic E-state index is 10.5. The van der Waals surface area contributed by atoms with E-state index in [0.717, 1.165) is 6.54 Å². The van der Waals surface area contributed by atoms with Gasteiger partial charge in [-0.25, -0.2) is 0 Å². The van der Waals surface area contributed by atoms with Crippen LogP contribution in [0.1, 0.15) is 6.92 Å². The van der Waals surface area contributed by atoms with Gasteiger partial charge in [0.15, 0.2) is 0 Å². The second-order valence-corrected chi connectivity index (χ2v) is 2.69. The van der Waals surface area contributed by atoms with Gasteiger partial charge in [-0.15, -0.1) is 17.0 Å². The van der Waals surface area contributed by atoms with Gasteiger partial charge in [-0.05, 0) is 6.92 Å². The molecule has 0 N–H and O–H groups in total. The summed E-state index contributed by atoms with van der Waals surface area (Å²) in [4.78, 5) is 0. The summed E-state index contributed by atoms with van der Waals surface area (Å²) in [5.74, 6) is 3.36. The third kappa shape index (κ3) is 1.04. The van der Waals surface area contributed by atoms with Crippen molar-refractivity contribution in [3.63, 3.8) is 0 Å². The molecular weight excluding hydrogens is 122 g/mol. The topological polar surface area (TPSA) is 20.1 Å². The molecule has 0 radical (unpaired) electrons. The summed E-state index contributed by atoms with van der Waals surface area (Å²) in [6.45, 7) is 2.92. The van der Waals surface area contributed by atoms with E-state index < -0.39 is 10.8 Å². The van der Waals surface area contributed by atoms with E-state index in [1.54, 1.807) is 11.6 Å². The van der Waals surface area contributed by atoms with Gasteiger partial charge in [-0.1, -0.05) is 0 Å². The third-order valence-corrected chi connectivity index (χ3v) is 1.86. The summed E-state index contributed by atoms with van der Waals surface area (Å²) in [5.41, 5.74) is 0. The molecule has 1 aliphatic rings. The Balaban J connectivity index is 2.49. The molecule has 8 heavy (non-hydrogen) atoms. The van der Waals surface area contributed by atoms with E-state index in [2.05, 4.69) is 0 Å². The van der Waals surface area contributed by atoms with E-state index in [1.165, 1.54) is 0 Å². The Hall–Kier alpha value is -0.440. The van der Waals surface area contributed by atoms with Crippen molar-refractivity contribution in [1.82, 2.24) is 0 Å². The van der Waals surface area contributed by atoms with Gasteiger partial charge in [-0.2, -0.15) is 0 Å². The molecule has 0 saturated heterocycles. The van der Waals surface area contributed by atoms with E-state index in [0.29, 0.717) is 0 Å². The first-order valence-electron chi connectivity index (χ1n) is 2.51. The van der Waals surface area contributed by atoms with Crippen molar-refractivity contribution in [1.29, 1.82) is 0 Å². The van der Waals surface area contributed by atoms with Crippen LogP contribution in [-0.4, -0.2) is 21.5 Å². The van der Waals surface area contributed by atoms with Gasteiger partial charge in [0.2, 0.25) is 0 Å². The van der Waals surface area contributed by atoms with Crippen LogP contribution in [0.4, 0.5) is 0 Å². The molecule has 46 valence electrons. The number of rotatable bonds is 1. The van der Waals surface area contributed by atoms with Crippen molar-refractivity contribution in [2.75, 3.05) is 6.54 Å². The summed E-state index contributed by atoms with van der Waals surface area (Å²) in [5, 5.41) is 0. The molecule has 0 aromatic rings. The molecule has 0 aliphatic carbocycles. The maximum Gasteiger partial charge on any atom is 0.111 e. The third-order valence-electron chi connectivity index (χ3n) is 0.991. The van der Waals surface area contributed by atoms with Crippen molar-refractivity contribution in [2.45, 2.75) is 6.92 Å². The van der Waals surface area contributed by atoms with Gasteiger partial charge in [-0.3, -0.25) is 0 Å². The fraction of sp³-hybridized carbons (Fsp3) is 0.400. The van der Waals surface area contributed by atoms with Gasteiger partial charge in [0.05, 0.1) is 5.88 Å². The van der Waals surface area contributed by atoms with Crippen LogP contribution in [0.2, 0.25) is 0 Å². The molecule has 0 spiro atoms. The molecule has 0 aromatic carbocycles. The van der Waals surface area contributed by atoms with E-state index in [-0.39, 0.29) is 0 Å². The van der Waals surface area contributed by atoms with Crippen LogP contribution in [0.15, 0.2) is 0 Å². The van der Waals surface area contributed by atoms with Crippen LogP contribution in [0.25, 0.3) is 0 Å². The zero-order chi connectivity index (χ0) is 5.98.